The van der Waals surface area contributed by atoms with Gasteiger partial charge < -0.3 is 14.2 Å². The number of hydrazone groups is 1. The lowest BCUT2D eigenvalue weighted by Gasteiger charge is -2.31. The van der Waals surface area contributed by atoms with E-state index in [0.29, 0.717) is 35.7 Å². The number of ether oxygens (including phenoxy) is 3. The number of esters is 1. The minimum atomic E-state index is -0.457. The maximum absolute atomic E-state index is 12.8. The van der Waals surface area contributed by atoms with E-state index in [9.17, 15) is 10.1 Å². The van der Waals surface area contributed by atoms with Crippen LogP contribution in [0.25, 0.3) is 0 Å². The van der Waals surface area contributed by atoms with Gasteiger partial charge >= 0.3 is 5.97 Å². The van der Waals surface area contributed by atoms with E-state index < -0.39 is 6.10 Å². The van der Waals surface area contributed by atoms with Crippen LogP contribution in [0.5, 0.6) is 0 Å². The molecule has 0 N–H and O–H groups in total. The van der Waals surface area contributed by atoms with Gasteiger partial charge in [0, 0.05) is 25.1 Å². The van der Waals surface area contributed by atoms with E-state index >= 15 is 0 Å². The number of carbonyl (C=O) groups is 1. The van der Waals surface area contributed by atoms with Crippen LogP contribution >= 0.6 is 11.6 Å². The Hall–Kier alpha value is -2.92. The van der Waals surface area contributed by atoms with Crippen LogP contribution in [-0.2, 0) is 14.2 Å². The maximum Gasteiger partial charge on any atom is 0.338 e. The normalized spacial score (nSPS) is 26.0. The number of nitriles is 1. The van der Waals surface area contributed by atoms with Gasteiger partial charge in [0.15, 0.2) is 6.29 Å². The van der Waals surface area contributed by atoms with Crippen molar-refractivity contribution in [3.05, 3.63) is 69.7 Å². The van der Waals surface area contributed by atoms with Crippen LogP contribution < -0.4 is 0 Å². The van der Waals surface area contributed by atoms with E-state index in [1.165, 1.54) is 0 Å². The molecule has 3 heterocycles. The molecule has 0 bridgehead atoms. The van der Waals surface area contributed by atoms with Crippen molar-refractivity contribution in [2.45, 2.75) is 57.1 Å². The lowest BCUT2D eigenvalue weighted by atomic mass is 9.94. The van der Waals surface area contributed by atoms with Gasteiger partial charge in [0.05, 0.1) is 21.9 Å². The average molecular weight is 480 g/mol. The summed E-state index contributed by atoms with van der Waals surface area (Å²) in [5.74, 6) is -0.355. The van der Waals surface area contributed by atoms with Crippen molar-refractivity contribution < 1.29 is 19.0 Å². The first-order chi connectivity index (χ1) is 16.6. The summed E-state index contributed by atoms with van der Waals surface area (Å²) in [7, 11) is 0. The second kappa shape index (κ2) is 9.75. The topological polar surface area (TPSA) is 84.2 Å². The van der Waals surface area contributed by atoms with Gasteiger partial charge in [-0.3, -0.25) is 5.01 Å². The predicted molar refractivity (Wildman–Crippen MR) is 127 cm³/mol. The van der Waals surface area contributed by atoms with Crippen molar-refractivity contribution in [1.29, 1.82) is 5.26 Å². The lowest BCUT2D eigenvalue weighted by molar-refractivity contribution is -0.184. The largest absolute Gasteiger partial charge is 0.456 e. The first kappa shape index (κ1) is 22.9. The highest BCUT2D eigenvalue weighted by Gasteiger charge is 2.50. The number of fused-ring (bicyclic) bond motifs is 1. The molecule has 2 aromatic carbocycles. The molecule has 2 saturated heterocycles. The highest BCUT2D eigenvalue weighted by atomic mass is 35.5. The highest BCUT2D eigenvalue weighted by Crippen LogP contribution is 2.37. The number of rotatable bonds is 5. The van der Waals surface area contributed by atoms with Crippen molar-refractivity contribution in [2.75, 3.05) is 13.2 Å². The van der Waals surface area contributed by atoms with Crippen molar-refractivity contribution in [1.82, 2.24) is 5.01 Å². The molecule has 34 heavy (non-hydrogen) atoms. The van der Waals surface area contributed by atoms with Crippen LogP contribution in [0.4, 0.5) is 0 Å². The summed E-state index contributed by atoms with van der Waals surface area (Å²) >= 11 is 6.48. The molecule has 3 aliphatic rings. The van der Waals surface area contributed by atoms with E-state index in [4.69, 9.17) is 30.9 Å². The summed E-state index contributed by atoms with van der Waals surface area (Å²) in [5.41, 5.74) is 3.26. The molecule has 4 atom stereocenters. The Kier molecular flexibility index (Phi) is 6.55. The minimum absolute atomic E-state index is 0.262. The average Bonchev–Trinajstić information content (AvgIpc) is 3.42. The standard InChI is InChI=1S/C26H26ClN3O4/c1-16-19(11-10-18(15-28)22(16)27)23-25(34-21-9-5-6-14-32-21)24-20(12-13-30(24)29-23)33-26(31)17-7-3-2-4-8-17/h2-4,7-8,10-11,20-21,24-25H,5-6,9,12-14H2,1H3/t20-,21?,24+,25-/m1/s1. The predicted octanol–water partition coefficient (Wildman–Crippen LogP) is 4.45. The number of hydrogen-bond acceptors (Lipinski definition) is 7. The van der Waals surface area contributed by atoms with E-state index in [1.807, 2.05) is 36.2 Å². The SMILES string of the molecule is Cc1c(C2=NN3CC[C@@H](OC(=O)c4ccccc4)[C@H]3[C@@H]2OC2CCCCO2)ccc(C#N)c1Cl. The number of hydrogen-bond donors (Lipinski definition) is 0. The van der Waals surface area contributed by atoms with Crippen LogP contribution in [0.15, 0.2) is 47.6 Å². The minimum Gasteiger partial charge on any atom is -0.456 e. The fourth-order valence-electron chi connectivity index (χ4n) is 4.89. The quantitative estimate of drug-likeness (QED) is 0.589. The molecule has 0 radical (unpaired) electrons. The van der Waals surface area contributed by atoms with Gasteiger partial charge in [-0.15, -0.1) is 0 Å². The molecular weight excluding hydrogens is 454 g/mol. The van der Waals surface area contributed by atoms with Crippen LogP contribution in [0.1, 0.15) is 52.7 Å². The summed E-state index contributed by atoms with van der Waals surface area (Å²) < 4.78 is 18.3. The summed E-state index contributed by atoms with van der Waals surface area (Å²) in [5, 5.41) is 16.6. The van der Waals surface area contributed by atoms with Gasteiger partial charge in [0.2, 0.25) is 0 Å². The van der Waals surface area contributed by atoms with Gasteiger partial charge in [-0.1, -0.05) is 35.9 Å². The van der Waals surface area contributed by atoms with Gasteiger partial charge in [-0.25, -0.2) is 4.79 Å². The zero-order valence-corrected chi connectivity index (χ0v) is 19.7. The monoisotopic (exact) mass is 479 g/mol. The zero-order chi connectivity index (χ0) is 23.7. The van der Waals surface area contributed by atoms with Gasteiger partial charge in [0.25, 0.3) is 0 Å². The Bertz CT molecular complexity index is 1140. The Balaban J connectivity index is 1.45. The van der Waals surface area contributed by atoms with Gasteiger partial charge in [-0.05, 0) is 49.9 Å². The highest BCUT2D eigenvalue weighted by molar-refractivity contribution is 6.33. The van der Waals surface area contributed by atoms with Crippen LogP contribution in [0.3, 0.4) is 0 Å². The summed E-state index contributed by atoms with van der Waals surface area (Å²) in [6, 6.07) is 14.4. The molecule has 8 heteroatoms. The van der Waals surface area contributed by atoms with E-state index in [2.05, 4.69) is 6.07 Å². The Morgan fingerprint density at radius 3 is 2.76 bits per heavy atom. The fourth-order valence-corrected chi connectivity index (χ4v) is 5.09. The number of carbonyl (C=O) groups excluding carboxylic acids is 1. The Labute approximate surface area is 203 Å². The second-order valence-electron chi connectivity index (χ2n) is 8.80. The van der Waals surface area contributed by atoms with Crippen LogP contribution in [0, 0.1) is 18.3 Å². The molecule has 176 valence electrons. The molecule has 1 unspecified atom stereocenters. The molecule has 7 nitrogen and oxygen atoms in total. The maximum atomic E-state index is 12.8. The molecule has 2 aromatic rings. The second-order valence-corrected chi connectivity index (χ2v) is 9.18. The molecule has 5 rings (SSSR count). The molecule has 0 spiro atoms. The van der Waals surface area contributed by atoms with E-state index in [-0.39, 0.29) is 24.4 Å². The Morgan fingerprint density at radius 2 is 2.03 bits per heavy atom. The molecule has 0 amide bonds. The van der Waals surface area contributed by atoms with Gasteiger partial charge in [0.1, 0.15) is 24.3 Å². The smallest absolute Gasteiger partial charge is 0.338 e. The van der Waals surface area contributed by atoms with E-state index in [1.54, 1.807) is 18.2 Å². The first-order valence-corrected chi connectivity index (χ1v) is 12.0. The van der Waals surface area contributed by atoms with Crippen molar-refractivity contribution in [2.24, 2.45) is 5.10 Å². The summed E-state index contributed by atoms with van der Waals surface area (Å²) in [6.45, 7) is 3.19. The third-order valence-corrected chi connectivity index (χ3v) is 7.16. The third kappa shape index (κ3) is 4.29. The zero-order valence-electron chi connectivity index (χ0n) is 18.9. The summed E-state index contributed by atoms with van der Waals surface area (Å²) in [4.78, 5) is 12.8. The van der Waals surface area contributed by atoms with Crippen molar-refractivity contribution >= 4 is 23.3 Å². The van der Waals surface area contributed by atoms with E-state index in [0.717, 1.165) is 36.1 Å². The molecule has 3 aliphatic heterocycles. The molecule has 0 aliphatic carbocycles. The van der Waals surface area contributed by atoms with Crippen LogP contribution in [-0.4, -0.2) is 54.4 Å². The number of nitrogens with zero attached hydrogens (tertiary/aromatic N) is 3. The number of halogens is 1. The van der Waals surface area contributed by atoms with Crippen LogP contribution in [0.2, 0.25) is 5.02 Å². The molecule has 2 fully saturated rings. The molecular formula is C26H26ClN3O4. The molecule has 0 aromatic heterocycles. The lowest BCUT2D eigenvalue weighted by Crippen LogP contribution is -2.46. The molecule has 0 saturated carbocycles. The third-order valence-electron chi connectivity index (χ3n) is 6.67. The van der Waals surface area contributed by atoms with Gasteiger partial charge in [-0.2, -0.15) is 10.4 Å². The van der Waals surface area contributed by atoms with Crippen molar-refractivity contribution in [3.8, 4) is 6.07 Å². The fraction of sp³-hybridized carbons (Fsp3) is 0.423. The summed E-state index contributed by atoms with van der Waals surface area (Å²) in [6.07, 6.45) is 2.34. The number of benzene rings is 2. The van der Waals surface area contributed by atoms with Crippen molar-refractivity contribution in [3.63, 3.8) is 0 Å². The Morgan fingerprint density at radius 1 is 1.21 bits per heavy atom. The first-order valence-electron chi connectivity index (χ1n) is 11.6.